The van der Waals surface area contributed by atoms with Crippen molar-refractivity contribution in [3.63, 3.8) is 0 Å². The molecule has 0 saturated heterocycles. The number of hydrogen-bond acceptors (Lipinski definition) is 3. The lowest BCUT2D eigenvalue weighted by molar-refractivity contribution is 0.0977. The molecule has 0 aliphatic carbocycles. The molecule has 0 atom stereocenters. The number of aliphatic imine (C=N–C) groups is 1. The van der Waals surface area contributed by atoms with E-state index in [4.69, 9.17) is 0 Å². The lowest BCUT2D eigenvalue weighted by atomic mass is 10.1. The third-order valence-corrected chi connectivity index (χ3v) is 5.12. The molecule has 2 aromatic carbocycles. The molecule has 1 aromatic heterocycles. The Balaban J connectivity index is 1.77. The van der Waals surface area contributed by atoms with Crippen molar-refractivity contribution in [3.8, 4) is 0 Å². The molecule has 31 heavy (non-hydrogen) atoms. The molecule has 0 unspecified atom stereocenters. The Bertz CT molecular complexity index is 1070. The van der Waals surface area contributed by atoms with Crippen LogP contribution in [0.2, 0.25) is 0 Å². The molecule has 0 fully saturated rings. The fourth-order valence-corrected chi connectivity index (χ4v) is 3.35. The van der Waals surface area contributed by atoms with Crippen LogP contribution in [0.3, 0.4) is 0 Å². The molecule has 1 amide bonds. The standard InChI is InChI=1S/C24H28FN5O/c1-5-30-18(4)22(17(3)29-30)14-15-26-24(27-21-12-6-16(2)7-13-21)28-23(31)19-8-10-20(25)11-9-19/h6-13H,5,14-15H2,1-4H3,(H2,26,27,28,31). The monoisotopic (exact) mass is 421 g/mol. The zero-order valence-electron chi connectivity index (χ0n) is 18.4. The van der Waals surface area contributed by atoms with Crippen LogP contribution in [0.1, 0.15) is 39.8 Å². The van der Waals surface area contributed by atoms with Gasteiger partial charge in [0.05, 0.1) is 5.69 Å². The van der Waals surface area contributed by atoms with Crippen LogP contribution in [-0.2, 0) is 13.0 Å². The van der Waals surface area contributed by atoms with Crippen molar-refractivity contribution in [1.82, 2.24) is 15.1 Å². The first kappa shape index (κ1) is 22.2. The van der Waals surface area contributed by atoms with E-state index in [1.165, 1.54) is 29.8 Å². The molecule has 3 aromatic rings. The van der Waals surface area contributed by atoms with Crippen molar-refractivity contribution in [1.29, 1.82) is 0 Å². The lowest BCUT2D eigenvalue weighted by Gasteiger charge is -2.12. The molecule has 0 saturated carbocycles. The zero-order chi connectivity index (χ0) is 22.4. The number of aromatic nitrogens is 2. The van der Waals surface area contributed by atoms with Gasteiger partial charge < -0.3 is 5.32 Å². The fourth-order valence-electron chi connectivity index (χ4n) is 3.35. The Labute approximate surface area is 182 Å². The van der Waals surface area contributed by atoms with Gasteiger partial charge in [0.2, 0.25) is 5.96 Å². The van der Waals surface area contributed by atoms with Crippen LogP contribution in [0.5, 0.6) is 0 Å². The quantitative estimate of drug-likeness (QED) is 0.458. The molecule has 1 heterocycles. The van der Waals surface area contributed by atoms with Crippen LogP contribution in [0.4, 0.5) is 10.1 Å². The van der Waals surface area contributed by atoms with Gasteiger partial charge >= 0.3 is 0 Å². The van der Waals surface area contributed by atoms with E-state index in [0.717, 1.165) is 29.2 Å². The summed E-state index contributed by atoms with van der Waals surface area (Å²) >= 11 is 0. The van der Waals surface area contributed by atoms with Crippen LogP contribution in [-0.4, -0.2) is 28.2 Å². The first-order valence-corrected chi connectivity index (χ1v) is 10.3. The molecule has 0 radical (unpaired) electrons. The number of amides is 1. The van der Waals surface area contributed by atoms with Gasteiger partial charge in [-0.3, -0.25) is 19.8 Å². The number of halogens is 1. The number of nitrogens with one attached hydrogen (secondary N) is 2. The smallest absolute Gasteiger partial charge is 0.257 e. The first-order chi connectivity index (χ1) is 14.9. The van der Waals surface area contributed by atoms with Crippen molar-refractivity contribution >= 4 is 17.6 Å². The summed E-state index contributed by atoms with van der Waals surface area (Å²) in [4.78, 5) is 17.2. The van der Waals surface area contributed by atoms with Gasteiger partial charge in [0.15, 0.2) is 0 Å². The van der Waals surface area contributed by atoms with Crippen molar-refractivity contribution in [2.75, 3.05) is 11.9 Å². The topological polar surface area (TPSA) is 71.3 Å². The van der Waals surface area contributed by atoms with Gasteiger partial charge in [0.25, 0.3) is 5.91 Å². The Hall–Kier alpha value is -3.48. The third kappa shape index (κ3) is 5.78. The summed E-state index contributed by atoms with van der Waals surface area (Å²) in [6.07, 6.45) is 0.711. The van der Waals surface area contributed by atoms with Gasteiger partial charge in [0, 0.05) is 30.0 Å². The number of carbonyl (C=O) groups is 1. The number of carbonyl (C=O) groups excluding carboxylic acids is 1. The highest BCUT2D eigenvalue weighted by Crippen LogP contribution is 2.14. The predicted molar refractivity (Wildman–Crippen MR) is 122 cm³/mol. The number of rotatable bonds is 6. The van der Waals surface area contributed by atoms with Crippen molar-refractivity contribution in [3.05, 3.63) is 82.4 Å². The Kier molecular flexibility index (Phi) is 7.18. The number of anilines is 1. The lowest BCUT2D eigenvalue weighted by Crippen LogP contribution is -2.36. The van der Waals surface area contributed by atoms with Crippen LogP contribution in [0.25, 0.3) is 0 Å². The van der Waals surface area contributed by atoms with Gasteiger partial charge in [-0.2, -0.15) is 5.10 Å². The number of guanidine groups is 1. The largest absolute Gasteiger partial charge is 0.326 e. The fraction of sp³-hybridized carbons (Fsp3) is 0.292. The van der Waals surface area contributed by atoms with E-state index in [1.807, 2.05) is 42.8 Å². The minimum atomic E-state index is -0.387. The zero-order valence-corrected chi connectivity index (χ0v) is 18.4. The molecule has 2 N–H and O–H groups in total. The van der Waals surface area contributed by atoms with Gasteiger partial charge in [0.1, 0.15) is 5.82 Å². The molecule has 3 rings (SSSR count). The van der Waals surface area contributed by atoms with Gasteiger partial charge in [-0.1, -0.05) is 17.7 Å². The van der Waals surface area contributed by atoms with Crippen LogP contribution < -0.4 is 10.6 Å². The van der Waals surface area contributed by atoms with Crippen LogP contribution in [0, 0.1) is 26.6 Å². The SMILES string of the molecule is CCn1nc(C)c(CCN=C(NC(=O)c2ccc(F)cc2)Nc2ccc(C)cc2)c1C. The maximum atomic E-state index is 13.2. The van der Waals surface area contributed by atoms with Gasteiger partial charge in [-0.15, -0.1) is 0 Å². The van der Waals surface area contributed by atoms with Crippen molar-refractivity contribution in [2.24, 2.45) is 4.99 Å². The normalized spacial score (nSPS) is 11.5. The molecule has 6 nitrogen and oxygen atoms in total. The second-order valence-electron chi connectivity index (χ2n) is 7.40. The number of nitrogens with zero attached hydrogens (tertiary/aromatic N) is 3. The summed E-state index contributed by atoms with van der Waals surface area (Å²) in [7, 11) is 0. The Morgan fingerprint density at radius 1 is 1.06 bits per heavy atom. The summed E-state index contributed by atoms with van der Waals surface area (Å²) in [5, 5.41) is 10.5. The Morgan fingerprint density at radius 2 is 1.74 bits per heavy atom. The predicted octanol–water partition coefficient (Wildman–Crippen LogP) is 4.41. The van der Waals surface area contributed by atoms with E-state index in [9.17, 15) is 9.18 Å². The minimum absolute atomic E-state index is 0.344. The van der Waals surface area contributed by atoms with E-state index < -0.39 is 0 Å². The van der Waals surface area contributed by atoms with E-state index in [0.29, 0.717) is 24.5 Å². The van der Waals surface area contributed by atoms with Crippen molar-refractivity contribution in [2.45, 2.75) is 40.7 Å². The number of hydrogen-bond donors (Lipinski definition) is 2. The van der Waals surface area contributed by atoms with Gasteiger partial charge in [-0.05, 0) is 76.1 Å². The van der Waals surface area contributed by atoms with Crippen LogP contribution in [0.15, 0.2) is 53.5 Å². The second-order valence-corrected chi connectivity index (χ2v) is 7.40. The Morgan fingerprint density at radius 3 is 2.35 bits per heavy atom. The average molecular weight is 422 g/mol. The highest BCUT2D eigenvalue weighted by molar-refractivity contribution is 6.09. The highest BCUT2D eigenvalue weighted by atomic mass is 19.1. The third-order valence-electron chi connectivity index (χ3n) is 5.12. The molecule has 162 valence electrons. The number of benzene rings is 2. The minimum Gasteiger partial charge on any atom is -0.326 e. The summed E-state index contributed by atoms with van der Waals surface area (Å²) in [5.74, 6) is -0.400. The maximum absolute atomic E-state index is 13.2. The summed E-state index contributed by atoms with van der Waals surface area (Å²) in [6, 6.07) is 13.2. The molecular formula is C24H28FN5O. The maximum Gasteiger partial charge on any atom is 0.257 e. The summed E-state index contributed by atoms with van der Waals surface area (Å²) in [5.41, 5.74) is 5.62. The number of aryl methyl sites for hydroxylation is 3. The molecule has 0 aliphatic rings. The van der Waals surface area contributed by atoms with E-state index in [-0.39, 0.29) is 11.7 Å². The molecule has 0 aliphatic heterocycles. The molecule has 7 heteroatoms. The van der Waals surface area contributed by atoms with E-state index >= 15 is 0 Å². The van der Waals surface area contributed by atoms with E-state index in [1.54, 1.807) is 0 Å². The molecule has 0 spiro atoms. The van der Waals surface area contributed by atoms with Gasteiger partial charge in [-0.25, -0.2) is 4.39 Å². The van der Waals surface area contributed by atoms with Crippen LogP contribution >= 0.6 is 0 Å². The summed E-state index contributed by atoms with van der Waals surface area (Å²) < 4.78 is 15.2. The summed E-state index contributed by atoms with van der Waals surface area (Å²) in [6.45, 7) is 9.44. The highest BCUT2D eigenvalue weighted by Gasteiger charge is 2.12. The van der Waals surface area contributed by atoms with E-state index in [2.05, 4.69) is 34.6 Å². The average Bonchev–Trinajstić information content (AvgIpc) is 3.03. The molecular weight excluding hydrogens is 393 g/mol. The van der Waals surface area contributed by atoms with Crippen molar-refractivity contribution < 1.29 is 9.18 Å². The first-order valence-electron chi connectivity index (χ1n) is 10.3. The second kappa shape index (κ2) is 10.0. The molecule has 0 bridgehead atoms.